The van der Waals surface area contributed by atoms with E-state index in [1.54, 1.807) is 37.4 Å². The van der Waals surface area contributed by atoms with Gasteiger partial charge in [-0.15, -0.1) is 0 Å². The molecule has 2 aromatic carbocycles. The Labute approximate surface area is 216 Å². The number of hydrogen-bond donors (Lipinski definition) is 3. The maximum absolute atomic E-state index is 12.9. The molecule has 4 atom stereocenters. The van der Waals surface area contributed by atoms with E-state index in [1.165, 1.54) is 0 Å². The minimum atomic E-state index is -0.522. The summed E-state index contributed by atoms with van der Waals surface area (Å²) < 4.78 is 17.4. The van der Waals surface area contributed by atoms with Gasteiger partial charge in [-0.25, -0.2) is 4.79 Å². The van der Waals surface area contributed by atoms with Crippen LogP contribution in [0, 0.1) is 0 Å². The number of ether oxygens (including phenoxy) is 3. The van der Waals surface area contributed by atoms with Crippen molar-refractivity contribution < 1.29 is 28.9 Å². The number of aliphatic hydroxyl groups is 1. The molecule has 0 bridgehead atoms. The topological polar surface area (TPSA) is 113 Å². The number of aliphatic hydroxyl groups excluding tert-OH is 1. The number of urea groups is 1. The molecule has 0 spiro atoms. The lowest BCUT2D eigenvalue weighted by molar-refractivity contribution is -0.150. The molecule has 0 saturated carbocycles. The predicted octanol–water partition coefficient (Wildman–Crippen LogP) is 2.50. The van der Waals surface area contributed by atoms with Gasteiger partial charge in [0.25, 0.3) is 0 Å². The molecule has 37 heavy (non-hydrogen) atoms. The van der Waals surface area contributed by atoms with Gasteiger partial charge in [0.2, 0.25) is 5.91 Å². The van der Waals surface area contributed by atoms with E-state index < -0.39 is 6.10 Å². The predicted molar refractivity (Wildman–Crippen MR) is 138 cm³/mol. The van der Waals surface area contributed by atoms with Crippen molar-refractivity contribution in [2.24, 2.45) is 0 Å². The molecule has 0 unspecified atom stereocenters. The van der Waals surface area contributed by atoms with Gasteiger partial charge in [-0.2, -0.15) is 0 Å². The highest BCUT2D eigenvalue weighted by Crippen LogP contribution is 2.47. The Kier molecular flexibility index (Phi) is 7.50. The molecule has 10 nitrogen and oxygen atoms in total. The number of carbonyl (C=O) groups excluding carboxylic acids is 2. The molecule has 2 saturated heterocycles. The summed E-state index contributed by atoms with van der Waals surface area (Å²) in [6, 6.07) is 12.2. The van der Waals surface area contributed by atoms with Crippen LogP contribution in [-0.4, -0.2) is 92.1 Å². The van der Waals surface area contributed by atoms with Crippen molar-refractivity contribution in [1.29, 1.82) is 0 Å². The van der Waals surface area contributed by atoms with E-state index in [0.29, 0.717) is 29.3 Å². The second-order valence-corrected chi connectivity index (χ2v) is 9.85. The van der Waals surface area contributed by atoms with Crippen LogP contribution >= 0.6 is 0 Å². The lowest BCUT2D eigenvalue weighted by atomic mass is 9.84. The van der Waals surface area contributed by atoms with Gasteiger partial charge in [0.05, 0.1) is 26.2 Å². The average molecular weight is 511 g/mol. The number of benzene rings is 2. The number of nitrogens with one attached hydrogen (secondary N) is 2. The first-order valence-electron chi connectivity index (χ1n) is 12.7. The van der Waals surface area contributed by atoms with Crippen LogP contribution in [0.25, 0.3) is 0 Å². The van der Waals surface area contributed by atoms with Crippen molar-refractivity contribution in [2.75, 3.05) is 57.6 Å². The molecule has 5 rings (SSSR count). The number of fused-ring (bicyclic) bond motifs is 3. The zero-order chi connectivity index (χ0) is 25.9. The first-order chi connectivity index (χ1) is 17.9. The third-order valence-electron chi connectivity index (χ3n) is 7.36. The SMILES string of the molecule is COc1ccc(NC(=O)Nc2ccc3c(c2)[C@@H]2C[C@H](CC(=O)N4CCN(C)CC4)O[C@@H](CO)[C@@H]2O3)cc1. The Hall–Kier alpha value is -3.34. The number of methoxy groups -OCH3 is 1. The normalized spacial score (nSPS) is 25.0. The summed E-state index contributed by atoms with van der Waals surface area (Å²) in [5.74, 6) is 1.46. The minimum absolute atomic E-state index is 0.0439. The number of carbonyl (C=O) groups is 2. The first kappa shape index (κ1) is 25.3. The van der Waals surface area contributed by atoms with Crippen LogP contribution in [-0.2, 0) is 9.53 Å². The van der Waals surface area contributed by atoms with Crippen molar-refractivity contribution in [1.82, 2.24) is 9.80 Å². The summed E-state index contributed by atoms with van der Waals surface area (Å²) in [5.41, 5.74) is 2.23. The molecular weight excluding hydrogens is 476 g/mol. The third kappa shape index (κ3) is 5.66. The molecule has 10 heteroatoms. The van der Waals surface area contributed by atoms with E-state index in [2.05, 4.69) is 22.6 Å². The molecule has 0 radical (unpaired) electrons. The van der Waals surface area contributed by atoms with Gasteiger partial charge in [-0.1, -0.05) is 0 Å². The highest BCUT2D eigenvalue weighted by atomic mass is 16.6. The molecule has 3 heterocycles. The quantitative estimate of drug-likeness (QED) is 0.547. The van der Waals surface area contributed by atoms with Gasteiger partial charge in [-0.3, -0.25) is 4.79 Å². The van der Waals surface area contributed by atoms with Crippen LogP contribution in [0.5, 0.6) is 11.5 Å². The van der Waals surface area contributed by atoms with Crippen molar-refractivity contribution in [3.63, 3.8) is 0 Å². The lowest BCUT2D eigenvalue weighted by Gasteiger charge is -2.38. The summed E-state index contributed by atoms with van der Waals surface area (Å²) in [6.07, 6.45) is -0.282. The van der Waals surface area contributed by atoms with E-state index >= 15 is 0 Å². The van der Waals surface area contributed by atoms with Gasteiger partial charge >= 0.3 is 6.03 Å². The summed E-state index contributed by atoms with van der Waals surface area (Å²) in [6.45, 7) is 2.98. The summed E-state index contributed by atoms with van der Waals surface area (Å²) >= 11 is 0. The fourth-order valence-corrected chi connectivity index (χ4v) is 5.31. The minimum Gasteiger partial charge on any atom is -0.497 e. The number of rotatable bonds is 6. The maximum atomic E-state index is 12.9. The zero-order valence-electron chi connectivity index (χ0n) is 21.2. The van der Waals surface area contributed by atoms with Crippen LogP contribution in [0.15, 0.2) is 42.5 Å². The van der Waals surface area contributed by atoms with E-state index in [1.807, 2.05) is 17.0 Å². The van der Waals surface area contributed by atoms with Crippen LogP contribution in [0.3, 0.4) is 0 Å². The highest BCUT2D eigenvalue weighted by molar-refractivity contribution is 5.99. The molecule has 198 valence electrons. The fraction of sp³-hybridized carbons (Fsp3) is 0.481. The number of amides is 3. The maximum Gasteiger partial charge on any atom is 0.323 e. The van der Waals surface area contributed by atoms with Crippen molar-refractivity contribution in [3.8, 4) is 11.5 Å². The second kappa shape index (κ2) is 11.0. The molecule has 3 aliphatic heterocycles. The van der Waals surface area contributed by atoms with E-state index in [0.717, 1.165) is 31.7 Å². The van der Waals surface area contributed by atoms with Crippen LogP contribution in [0.2, 0.25) is 0 Å². The van der Waals surface area contributed by atoms with Gasteiger partial charge in [-0.05, 0) is 55.9 Å². The van der Waals surface area contributed by atoms with Gasteiger partial charge in [0.1, 0.15) is 23.7 Å². The number of piperazine rings is 1. The van der Waals surface area contributed by atoms with Crippen molar-refractivity contribution in [3.05, 3.63) is 48.0 Å². The van der Waals surface area contributed by atoms with Gasteiger partial charge < -0.3 is 39.8 Å². The molecular formula is C27H34N4O6. The Morgan fingerprint density at radius 3 is 2.46 bits per heavy atom. The molecule has 2 fully saturated rings. The van der Waals surface area contributed by atoms with Crippen LogP contribution in [0.4, 0.5) is 16.2 Å². The van der Waals surface area contributed by atoms with Crippen LogP contribution in [0.1, 0.15) is 24.3 Å². The number of hydrogen-bond acceptors (Lipinski definition) is 7. The monoisotopic (exact) mass is 510 g/mol. The summed E-state index contributed by atoms with van der Waals surface area (Å²) in [7, 11) is 3.65. The fourth-order valence-electron chi connectivity index (χ4n) is 5.31. The van der Waals surface area contributed by atoms with Gasteiger partial charge in [0, 0.05) is 49.0 Å². The summed E-state index contributed by atoms with van der Waals surface area (Å²) in [4.78, 5) is 29.6. The Morgan fingerprint density at radius 2 is 1.76 bits per heavy atom. The van der Waals surface area contributed by atoms with E-state index in [-0.39, 0.29) is 43.1 Å². The van der Waals surface area contributed by atoms with Crippen LogP contribution < -0.4 is 20.1 Å². The molecule has 3 aliphatic rings. The zero-order valence-corrected chi connectivity index (χ0v) is 21.2. The highest BCUT2D eigenvalue weighted by Gasteiger charge is 2.46. The molecule has 3 N–H and O–H groups in total. The summed E-state index contributed by atoms with van der Waals surface area (Å²) in [5, 5.41) is 15.7. The van der Waals surface area contributed by atoms with Crippen molar-refractivity contribution in [2.45, 2.75) is 37.1 Å². The number of likely N-dealkylation sites (N-methyl/N-ethyl adjacent to an activating group) is 1. The Balaban J connectivity index is 1.25. The molecule has 3 amide bonds. The Morgan fingerprint density at radius 1 is 1.05 bits per heavy atom. The van der Waals surface area contributed by atoms with Crippen molar-refractivity contribution >= 4 is 23.3 Å². The number of nitrogens with zero attached hydrogens (tertiary/aromatic N) is 2. The van der Waals surface area contributed by atoms with E-state index in [4.69, 9.17) is 14.2 Å². The first-order valence-corrected chi connectivity index (χ1v) is 12.7. The third-order valence-corrected chi connectivity index (χ3v) is 7.36. The molecule has 0 aliphatic carbocycles. The average Bonchev–Trinajstić information content (AvgIpc) is 3.27. The second-order valence-electron chi connectivity index (χ2n) is 9.85. The lowest BCUT2D eigenvalue weighted by Crippen LogP contribution is -2.50. The molecule has 2 aromatic rings. The number of anilines is 2. The molecule has 0 aromatic heterocycles. The van der Waals surface area contributed by atoms with E-state index in [9.17, 15) is 14.7 Å². The van der Waals surface area contributed by atoms with Gasteiger partial charge in [0.15, 0.2) is 0 Å². The standard InChI is InChI=1S/C27H34N4O6/c1-30-9-11-31(12-10-30)25(33)15-20-14-22-21-13-18(5-8-23(21)37-26(22)24(16-32)36-20)29-27(34)28-17-3-6-19(35-2)7-4-17/h3-8,13,20,22,24,26,32H,9-12,14-16H2,1-2H3,(H2,28,29,34)/t20-,22+,24+,26-/m1/s1. The smallest absolute Gasteiger partial charge is 0.323 e. The largest absolute Gasteiger partial charge is 0.497 e. The Bertz CT molecular complexity index is 1120.